The van der Waals surface area contributed by atoms with Crippen LogP contribution in [0, 0.1) is 0 Å². The number of hydrogen-bond acceptors (Lipinski definition) is 5. The van der Waals surface area contributed by atoms with Crippen molar-refractivity contribution in [1.29, 1.82) is 0 Å². The van der Waals surface area contributed by atoms with Crippen LogP contribution in [0.5, 0.6) is 0 Å². The third kappa shape index (κ3) is 3.30. The Hall–Kier alpha value is -0.580. The molecule has 8 heteroatoms. The van der Waals surface area contributed by atoms with Crippen molar-refractivity contribution >= 4 is 36.8 Å². The fourth-order valence-electron chi connectivity index (χ4n) is 1.57. The number of carbonyl (C=O) groups is 1. The van der Waals surface area contributed by atoms with Crippen LogP contribution >= 0.6 is 30.8 Å². The lowest BCUT2D eigenvalue weighted by atomic mass is 10.1. The molecule has 0 fully saturated rings. The van der Waals surface area contributed by atoms with Gasteiger partial charge in [0.05, 0.1) is 7.11 Å². The van der Waals surface area contributed by atoms with Gasteiger partial charge in [0.15, 0.2) is 5.66 Å². The highest BCUT2D eigenvalue weighted by Gasteiger charge is 2.44. The van der Waals surface area contributed by atoms with E-state index >= 15 is 0 Å². The van der Waals surface area contributed by atoms with Crippen LogP contribution in [0.1, 0.15) is 11.2 Å². The number of rotatable bonds is 5. The molecule has 5 nitrogen and oxygen atoms in total. The molecule has 106 valence electrons. The Morgan fingerprint density at radius 3 is 2.00 bits per heavy atom. The van der Waals surface area contributed by atoms with Crippen LogP contribution in [0.2, 0.25) is 10.0 Å². The molecule has 0 N–H and O–H groups in total. The van der Waals surface area contributed by atoms with Gasteiger partial charge in [0.2, 0.25) is 0 Å². The molecule has 1 rings (SSSR count). The van der Waals surface area contributed by atoms with Gasteiger partial charge in [-0.2, -0.15) is 0 Å². The molecule has 0 aliphatic heterocycles. The number of methoxy groups -OCH3 is 1. The van der Waals surface area contributed by atoms with Crippen molar-refractivity contribution in [3.8, 4) is 0 Å². The summed E-state index contributed by atoms with van der Waals surface area (Å²) in [6.45, 7) is 0. The predicted molar refractivity (Wildman–Crippen MR) is 72.8 cm³/mol. The topological polar surface area (TPSA) is 61.8 Å². The minimum absolute atomic E-state index is 0.157. The molecule has 0 saturated heterocycles. The Kier molecular flexibility index (Phi) is 5.83. The summed E-state index contributed by atoms with van der Waals surface area (Å²) < 4.78 is 26.8. The Morgan fingerprint density at radius 1 is 1.16 bits per heavy atom. The summed E-state index contributed by atoms with van der Waals surface area (Å²) in [5.41, 5.74) is -1.18. The first-order valence-corrected chi connectivity index (χ1v) is 7.51. The molecular weight excluding hydrogens is 314 g/mol. The fourth-order valence-corrected chi connectivity index (χ4v) is 3.87. The highest BCUT2D eigenvalue weighted by atomic mass is 35.5. The summed E-state index contributed by atoms with van der Waals surface area (Å²) in [6.07, 6.45) is 0. The predicted octanol–water partition coefficient (Wildman–Crippen LogP) is 3.69. The van der Waals surface area contributed by atoms with Crippen LogP contribution in [0.15, 0.2) is 18.2 Å². The van der Waals surface area contributed by atoms with Gasteiger partial charge in [-0.15, -0.1) is 0 Å². The van der Waals surface area contributed by atoms with Crippen LogP contribution in [0.25, 0.3) is 0 Å². The Balaban J connectivity index is 3.50. The first kappa shape index (κ1) is 16.5. The van der Waals surface area contributed by atoms with Gasteiger partial charge in [0.25, 0.3) is 0 Å². The normalized spacial score (nSPS) is 13.1. The number of hydrogen-bond donors (Lipinski definition) is 0. The standard InChI is InChI=1S/C11H13Cl2O5P/c1-16-11(14)10(19(15,17-2)18-3)9-7(12)5-4-6-8(9)13/h4-6,10H,1-3H3. The minimum atomic E-state index is -3.78. The third-order valence-corrected chi connectivity index (χ3v) is 5.30. The zero-order valence-electron chi connectivity index (χ0n) is 10.6. The van der Waals surface area contributed by atoms with E-state index in [0.717, 1.165) is 7.11 Å². The second kappa shape index (κ2) is 6.73. The molecule has 0 saturated carbocycles. The molecule has 0 heterocycles. The van der Waals surface area contributed by atoms with E-state index in [-0.39, 0.29) is 15.6 Å². The summed E-state index contributed by atoms with van der Waals surface area (Å²) in [6, 6.07) is 4.65. The van der Waals surface area contributed by atoms with Gasteiger partial charge in [-0.1, -0.05) is 29.3 Å². The smallest absolute Gasteiger partial charge is 0.348 e. The second-order valence-corrected chi connectivity index (χ2v) is 6.61. The van der Waals surface area contributed by atoms with Gasteiger partial charge in [0, 0.05) is 29.8 Å². The van der Waals surface area contributed by atoms with E-state index < -0.39 is 19.2 Å². The summed E-state index contributed by atoms with van der Waals surface area (Å²) >= 11 is 12.0. The molecule has 0 aliphatic rings. The van der Waals surface area contributed by atoms with E-state index in [4.69, 9.17) is 32.2 Å². The van der Waals surface area contributed by atoms with Gasteiger partial charge >= 0.3 is 13.6 Å². The number of esters is 1. The fraction of sp³-hybridized carbons (Fsp3) is 0.364. The van der Waals surface area contributed by atoms with Crippen molar-refractivity contribution in [2.24, 2.45) is 0 Å². The lowest BCUT2D eigenvalue weighted by Crippen LogP contribution is -2.17. The average molecular weight is 327 g/mol. The number of ether oxygens (including phenoxy) is 1. The van der Waals surface area contributed by atoms with Crippen molar-refractivity contribution in [3.05, 3.63) is 33.8 Å². The Morgan fingerprint density at radius 2 is 1.63 bits per heavy atom. The maximum Gasteiger partial charge on any atom is 0.348 e. The third-order valence-electron chi connectivity index (χ3n) is 2.52. The van der Waals surface area contributed by atoms with Crippen molar-refractivity contribution in [2.75, 3.05) is 21.3 Å². The first-order chi connectivity index (χ1) is 8.91. The maximum absolute atomic E-state index is 12.5. The van der Waals surface area contributed by atoms with Crippen LogP contribution < -0.4 is 0 Å². The van der Waals surface area contributed by atoms with Gasteiger partial charge < -0.3 is 13.8 Å². The molecule has 0 amide bonds. The van der Waals surface area contributed by atoms with Crippen LogP contribution in [0.3, 0.4) is 0 Å². The van der Waals surface area contributed by atoms with Crippen LogP contribution in [-0.4, -0.2) is 27.3 Å². The van der Waals surface area contributed by atoms with Crippen molar-refractivity contribution in [3.63, 3.8) is 0 Å². The molecule has 19 heavy (non-hydrogen) atoms. The van der Waals surface area contributed by atoms with Gasteiger partial charge in [-0.3, -0.25) is 9.36 Å². The van der Waals surface area contributed by atoms with E-state index in [1.54, 1.807) is 6.07 Å². The van der Waals surface area contributed by atoms with Crippen LogP contribution in [0.4, 0.5) is 0 Å². The van der Waals surface area contributed by atoms with Crippen molar-refractivity contribution in [2.45, 2.75) is 5.66 Å². The largest absolute Gasteiger partial charge is 0.468 e. The molecule has 1 atom stereocenters. The van der Waals surface area contributed by atoms with Crippen LogP contribution in [-0.2, 0) is 23.1 Å². The summed E-state index contributed by atoms with van der Waals surface area (Å²) in [5, 5.41) is 0.356. The summed E-state index contributed by atoms with van der Waals surface area (Å²) in [5.74, 6) is -0.804. The Bertz CT molecular complexity index is 492. The molecule has 0 aromatic heterocycles. The van der Waals surface area contributed by atoms with E-state index in [0.29, 0.717) is 0 Å². The molecule has 0 aliphatic carbocycles. The molecule has 1 aromatic carbocycles. The lowest BCUT2D eigenvalue weighted by molar-refractivity contribution is -0.140. The quantitative estimate of drug-likeness (QED) is 0.610. The van der Waals surface area contributed by atoms with Crippen molar-refractivity contribution in [1.82, 2.24) is 0 Å². The minimum Gasteiger partial charge on any atom is -0.468 e. The van der Waals surface area contributed by atoms with E-state index in [1.165, 1.54) is 26.4 Å². The zero-order valence-corrected chi connectivity index (χ0v) is 13.0. The zero-order chi connectivity index (χ0) is 14.6. The molecule has 1 unspecified atom stereocenters. The van der Waals surface area contributed by atoms with E-state index in [2.05, 4.69) is 4.74 Å². The second-order valence-electron chi connectivity index (χ2n) is 3.47. The highest BCUT2D eigenvalue weighted by molar-refractivity contribution is 7.55. The lowest BCUT2D eigenvalue weighted by Gasteiger charge is -2.24. The number of halogens is 2. The molecule has 0 spiro atoms. The number of carbonyl (C=O) groups excluding carboxylic acids is 1. The molecular formula is C11H13Cl2O5P. The molecule has 0 bridgehead atoms. The monoisotopic (exact) mass is 326 g/mol. The highest BCUT2D eigenvalue weighted by Crippen LogP contribution is 2.62. The average Bonchev–Trinajstić information content (AvgIpc) is 2.41. The Labute approximate surface area is 121 Å². The van der Waals surface area contributed by atoms with E-state index in [1.807, 2.05) is 0 Å². The number of benzene rings is 1. The molecule has 0 radical (unpaired) electrons. The molecule has 1 aromatic rings. The first-order valence-electron chi connectivity index (χ1n) is 5.14. The van der Waals surface area contributed by atoms with Crippen molar-refractivity contribution < 1.29 is 23.1 Å². The SMILES string of the molecule is COC(=O)C(c1c(Cl)cccc1Cl)P(=O)(OC)OC. The van der Waals surface area contributed by atoms with E-state index in [9.17, 15) is 9.36 Å². The van der Waals surface area contributed by atoms with Gasteiger partial charge in [0.1, 0.15) is 0 Å². The van der Waals surface area contributed by atoms with Gasteiger partial charge in [-0.05, 0) is 12.1 Å². The maximum atomic E-state index is 12.5. The summed E-state index contributed by atoms with van der Waals surface area (Å²) in [4.78, 5) is 11.9. The summed E-state index contributed by atoms with van der Waals surface area (Å²) in [7, 11) is -0.278. The van der Waals surface area contributed by atoms with Gasteiger partial charge in [-0.25, -0.2) is 0 Å².